The first-order valence-corrected chi connectivity index (χ1v) is 24.4. The van der Waals surface area contributed by atoms with Crippen LogP contribution < -0.4 is 0 Å². The van der Waals surface area contributed by atoms with Crippen LogP contribution in [0.3, 0.4) is 0 Å². The fourth-order valence-electron chi connectivity index (χ4n) is 10.8. The molecule has 0 spiro atoms. The lowest BCUT2D eigenvalue weighted by molar-refractivity contribution is -0.390. The molecule has 0 radical (unpaired) electrons. The highest BCUT2D eigenvalue weighted by atomic mass is 16.8. The predicted octanol–water partition coefficient (Wildman–Crippen LogP) is -6.17. The number of fused-ring (bicyclic) bond motifs is 1. The van der Waals surface area contributed by atoms with Crippen molar-refractivity contribution in [3.05, 3.63) is 12.2 Å². The van der Waals surface area contributed by atoms with E-state index in [9.17, 15) is 80.8 Å². The number of aliphatic hydroxyl groups is 15. The number of carboxylic acids is 1. The summed E-state index contributed by atoms with van der Waals surface area (Å²) < 4.78 is 52.0. The van der Waals surface area contributed by atoms with Crippen LogP contribution in [0, 0.1) is 17.8 Å². The van der Waals surface area contributed by atoms with E-state index in [2.05, 4.69) is 0 Å². The van der Waals surface area contributed by atoms with Gasteiger partial charge < -0.3 is 114 Å². The molecule has 0 amide bonds. The van der Waals surface area contributed by atoms with Crippen LogP contribution in [0.15, 0.2) is 12.2 Å². The van der Waals surface area contributed by atoms with E-state index >= 15 is 0 Å². The van der Waals surface area contributed by atoms with Gasteiger partial charge in [-0.1, -0.05) is 6.08 Å². The summed E-state index contributed by atoms with van der Waals surface area (Å²) in [6.45, 7) is -2.20. The highest BCUT2D eigenvalue weighted by Gasteiger charge is 2.58. The monoisotopic (exact) mass is 1030 g/mol. The molecule has 0 bridgehead atoms. The molecule has 406 valence electrons. The van der Waals surface area contributed by atoms with Gasteiger partial charge >= 0.3 is 17.9 Å². The van der Waals surface area contributed by atoms with Crippen LogP contribution in [0.2, 0.25) is 0 Å². The first-order valence-electron chi connectivity index (χ1n) is 24.4. The van der Waals surface area contributed by atoms with Crippen molar-refractivity contribution in [3.8, 4) is 0 Å². The predicted molar refractivity (Wildman–Crippen MR) is 230 cm³/mol. The Kier molecular flexibility index (Phi) is 19.6. The van der Waals surface area contributed by atoms with E-state index in [1.54, 1.807) is 6.08 Å². The van der Waals surface area contributed by atoms with E-state index in [0.29, 0.717) is 32.1 Å². The van der Waals surface area contributed by atoms with E-state index in [0.717, 1.165) is 0 Å². The number of hydrogen-bond donors (Lipinski definition) is 14. The zero-order valence-electron chi connectivity index (χ0n) is 38.8. The van der Waals surface area contributed by atoms with Gasteiger partial charge in [0.2, 0.25) is 0 Å². The molecule has 71 heavy (non-hydrogen) atoms. The maximum absolute atomic E-state index is 12.9. The van der Waals surface area contributed by atoms with Gasteiger partial charge in [-0.05, 0) is 57.3 Å². The summed E-state index contributed by atoms with van der Waals surface area (Å²) in [6, 6.07) is 0. The summed E-state index contributed by atoms with van der Waals surface area (Å²) in [7, 11) is 0. The molecule has 26 nitrogen and oxygen atoms in total. The average Bonchev–Trinajstić information content (AvgIpc) is 3.33. The third kappa shape index (κ3) is 13.6. The minimum atomic E-state index is -1.98. The third-order valence-corrected chi connectivity index (χ3v) is 15.0. The number of rotatable bonds is 16. The topological polar surface area (TPSA) is 421 Å². The van der Waals surface area contributed by atoms with Crippen LogP contribution >= 0.6 is 0 Å². The molecule has 7 fully saturated rings. The molecule has 26 heteroatoms. The Balaban J connectivity index is 1.15. The van der Waals surface area contributed by atoms with Crippen LogP contribution in [0.1, 0.15) is 70.6 Å². The van der Waals surface area contributed by atoms with Crippen LogP contribution in [0.25, 0.3) is 0 Å². The fraction of sp³-hybridized carbons (Fsp3) is 0.889. The van der Waals surface area contributed by atoms with Gasteiger partial charge in [0, 0.05) is 24.8 Å². The third-order valence-electron chi connectivity index (χ3n) is 15.0. The zero-order valence-corrected chi connectivity index (χ0v) is 38.8. The van der Waals surface area contributed by atoms with Gasteiger partial charge in [-0.25, -0.2) is 4.79 Å². The van der Waals surface area contributed by atoms with Gasteiger partial charge in [-0.15, -0.1) is 0 Å². The lowest BCUT2D eigenvalue weighted by Gasteiger charge is -2.50. The number of allylic oxidation sites excluding steroid dienone is 1. The summed E-state index contributed by atoms with van der Waals surface area (Å²) in [5.41, 5.74) is 0. The quantitative estimate of drug-likeness (QED) is 0.0296. The minimum Gasteiger partial charge on any atom is -0.481 e. The van der Waals surface area contributed by atoms with Crippen LogP contribution in [0.5, 0.6) is 0 Å². The number of ether oxygens (including phenoxy) is 9. The first kappa shape index (κ1) is 56.1. The molecule has 4 aliphatic heterocycles. The largest absolute Gasteiger partial charge is 0.481 e. The van der Waals surface area contributed by atoms with E-state index in [1.165, 1.54) is 6.08 Å². The van der Waals surface area contributed by atoms with Crippen LogP contribution in [-0.2, 0) is 52.3 Å². The fourth-order valence-corrected chi connectivity index (χ4v) is 10.8. The molecule has 0 aromatic carbocycles. The van der Waals surface area contributed by atoms with Crippen LogP contribution in [-0.4, -0.2) is 255 Å². The summed E-state index contributed by atoms with van der Waals surface area (Å²) in [4.78, 5) is 35.9. The number of hydrogen-bond acceptors (Lipinski definition) is 24. The van der Waals surface area contributed by atoms with E-state index in [-0.39, 0.29) is 38.0 Å². The van der Waals surface area contributed by atoms with Gasteiger partial charge in [0.1, 0.15) is 99.0 Å². The Morgan fingerprint density at radius 1 is 0.563 bits per heavy atom. The summed E-state index contributed by atoms with van der Waals surface area (Å²) in [5.74, 6) is -4.64. The normalized spacial score (nSPS) is 47.6. The second-order valence-corrected chi connectivity index (χ2v) is 19.9. The number of aliphatic carboxylic acids is 1. The van der Waals surface area contributed by atoms with Crippen LogP contribution in [0.4, 0.5) is 0 Å². The molecular formula is C45H71O26+. The molecule has 3 aliphatic carbocycles. The van der Waals surface area contributed by atoms with Gasteiger partial charge in [0.15, 0.2) is 31.1 Å². The highest BCUT2D eigenvalue weighted by molar-refractivity contribution is 5.90. The lowest BCUT2D eigenvalue weighted by atomic mass is 9.72. The number of carbonyl (C=O) groups excluding carboxylic acids is 2. The molecule has 7 rings (SSSR count). The Morgan fingerprint density at radius 3 is 1.80 bits per heavy atom. The second-order valence-electron chi connectivity index (χ2n) is 19.9. The van der Waals surface area contributed by atoms with Crippen molar-refractivity contribution in [1.82, 2.24) is 0 Å². The molecule has 4 heterocycles. The smallest absolute Gasteiger partial charge is 0.330 e. The Labute approximate surface area is 407 Å². The number of esters is 2. The number of carbonyl (C=O) groups is 3. The SMILES string of the molecule is O=C(O)CC(=O)OC[C@H]1O[C@@H](OC2CC(O)CC3[OH+]C(C4CCC(O)C(O)C4)C(O[C@@H]4O[C@H](COC(=O)C=CC5CCC(O)CC5)[C@@H](O)[C@H](O)[C@H]4O[C@@H]4O[C@H](CO)[C@@H](O)[C@H](O)[C@H]4O)CC23)[C@H](O)[C@@H](O)[C@@H]1O. The molecular weight excluding hydrogens is 956 g/mol. The van der Waals surface area contributed by atoms with Crippen molar-refractivity contribution < 1.29 is 129 Å². The van der Waals surface area contributed by atoms with Gasteiger partial charge in [-0.3, -0.25) is 9.59 Å². The Morgan fingerprint density at radius 2 is 1.15 bits per heavy atom. The van der Waals surface area contributed by atoms with Crippen molar-refractivity contribution in [2.24, 2.45) is 17.8 Å². The second kappa shape index (κ2) is 24.8. The maximum Gasteiger partial charge on any atom is 0.330 e. The van der Waals surface area contributed by atoms with Gasteiger partial charge in [0.25, 0.3) is 0 Å². The zero-order chi connectivity index (χ0) is 51.4. The lowest BCUT2D eigenvalue weighted by Crippen LogP contribution is -2.66. The average molecular weight is 1030 g/mol. The number of aliphatic hydroxyl groups excluding tert-OH is 13. The summed E-state index contributed by atoms with van der Waals surface area (Å²) >= 11 is 0. The molecule has 15 N–H and O–H groups in total. The molecule has 24 atom stereocenters. The molecule has 4 saturated heterocycles. The van der Waals surface area contributed by atoms with Crippen molar-refractivity contribution in [1.29, 1.82) is 0 Å². The highest BCUT2D eigenvalue weighted by Crippen LogP contribution is 2.44. The van der Waals surface area contributed by atoms with Gasteiger partial charge in [-0.2, -0.15) is 0 Å². The summed E-state index contributed by atoms with van der Waals surface area (Å²) in [5, 5.41) is 149. The Bertz CT molecular complexity index is 1770. The van der Waals surface area contributed by atoms with Crippen molar-refractivity contribution in [3.63, 3.8) is 0 Å². The van der Waals surface area contributed by atoms with Crippen molar-refractivity contribution in [2.75, 3.05) is 19.8 Å². The van der Waals surface area contributed by atoms with E-state index in [4.69, 9.17) is 47.7 Å². The van der Waals surface area contributed by atoms with Crippen molar-refractivity contribution in [2.45, 2.75) is 212 Å². The molecule has 7 aliphatic rings. The molecule has 9 unspecified atom stereocenters. The molecule has 0 aromatic rings. The maximum atomic E-state index is 12.9. The Hall–Kier alpha value is -2.65. The molecule has 0 aromatic heterocycles. The van der Waals surface area contributed by atoms with Gasteiger partial charge in [0.05, 0.1) is 43.0 Å². The van der Waals surface area contributed by atoms with E-state index < -0.39 is 197 Å². The van der Waals surface area contributed by atoms with E-state index in [1.807, 2.05) is 0 Å². The standard InChI is InChI=1S/C45H70O26/c46-14-27-33(55)36(58)40(62)44(68-27)71-42-38(60)35(57)29(15-63-31(53)8-3-17-1-5-19(47)6-2-17)70-45(42)67-26-12-21-24(65-41(26)18-4-7-22(49)23(50)9-18)10-20(48)11-25(21)66-43-39(61)37(59)34(56)28(69-43)16-64-32(54)13-30(51)52/h3,8,17-29,33-50,55-62H,1-2,4-7,9-16H2,(H,51,52)/p+1/t17?,18?,19?,20?,21?,22?,23?,24?,25?,26?,27-,28-,29-,33-,34-,35-,36+,37+,38+,39-,40-,41?,42-,43-,44+,45-/m1/s1. The van der Waals surface area contributed by atoms with Crippen molar-refractivity contribution >= 4 is 17.9 Å². The first-order chi connectivity index (χ1) is 33.7. The number of carboxylic acid groups (broad SMARTS) is 1. The minimum absolute atomic E-state index is 0.0156. The summed E-state index contributed by atoms with van der Waals surface area (Å²) in [6.07, 6.45) is -29.4. The molecule has 3 saturated carbocycles.